The number of halogens is 1. The largest absolute Gasteiger partial charge is 0.313 e. The van der Waals surface area contributed by atoms with Crippen LogP contribution in [-0.2, 0) is 9.84 Å². The van der Waals surface area contributed by atoms with Crippen LogP contribution in [0.25, 0.3) is 5.57 Å². The van der Waals surface area contributed by atoms with Gasteiger partial charge in [0.15, 0.2) is 9.84 Å². The van der Waals surface area contributed by atoms with E-state index in [4.69, 9.17) is 0 Å². The minimum absolute atomic E-state index is 0.292. The first kappa shape index (κ1) is 12.7. The van der Waals surface area contributed by atoms with Gasteiger partial charge in [-0.1, -0.05) is 6.08 Å². The van der Waals surface area contributed by atoms with Crippen molar-refractivity contribution in [2.45, 2.75) is 11.3 Å². The number of aromatic nitrogens is 1. The Morgan fingerprint density at radius 3 is 2.82 bits per heavy atom. The normalized spacial score (nSPS) is 16.7. The van der Waals surface area contributed by atoms with Crippen LogP contribution in [-0.4, -0.2) is 32.7 Å². The smallest absolute Gasteiger partial charge is 0.177 e. The molecule has 0 atom stereocenters. The van der Waals surface area contributed by atoms with Crippen molar-refractivity contribution in [2.75, 3.05) is 19.3 Å². The lowest BCUT2D eigenvalue weighted by Gasteiger charge is -2.15. The summed E-state index contributed by atoms with van der Waals surface area (Å²) in [5, 5.41) is 3.19. The third-order valence-corrected chi connectivity index (χ3v) is 4.13. The molecule has 0 aromatic carbocycles. The first-order valence-corrected chi connectivity index (χ1v) is 7.92. The van der Waals surface area contributed by atoms with Crippen molar-refractivity contribution in [3.05, 3.63) is 28.5 Å². The molecule has 0 spiro atoms. The molecule has 2 heterocycles. The van der Waals surface area contributed by atoms with E-state index in [1.165, 1.54) is 6.26 Å². The fraction of sp³-hybridized carbons (Fsp3) is 0.364. The second-order valence-electron chi connectivity index (χ2n) is 3.96. The molecular weight excluding hydrogens is 304 g/mol. The van der Waals surface area contributed by atoms with E-state index in [1.807, 2.05) is 6.08 Å². The topological polar surface area (TPSA) is 59.1 Å². The van der Waals surface area contributed by atoms with Gasteiger partial charge in [0.2, 0.25) is 0 Å². The molecule has 0 saturated heterocycles. The molecule has 1 aliphatic rings. The first-order chi connectivity index (χ1) is 7.98. The van der Waals surface area contributed by atoms with Crippen molar-refractivity contribution in [3.63, 3.8) is 0 Å². The summed E-state index contributed by atoms with van der Waals surface area (Å²) in [5.41, 5.74) is 1.58. The van der Waals surface area contributed by atoms with Crippen LogP contribution in [0.5, 0.6) is 0 Å². The number of hydrogen-bond acceptors (Lipinski definition) is 4. The molecule has 0 radical (unpaired) electrons. The predicted molar refractivity (Wildman–Crippen MR) is 70.5 cm³/mol. The van der Waals surface area contributed by atoms with E-state index in [0.717, 1.165) is 25.1 Å². The molecule has 17 heavy (non-hydrogen) atoms. The predicted octanol–water partition coefficient (Wildman–Crippen LogP) is 1.62. The van der Waals surface area contributed by atoms with E-state index in [1.54, 1.807) is 12.3 Å². The minimum Gasteiger partial charge on any atom is -0.313 e. The van der Waals surface area contributed by atoms with Crippen LogP contribution in [0.1, 0.15) is 12.1 Å². The van der Waals surface area contributed by atoms with Crippen LogP contribution in [0.3, 0.4) is 0 Å². The Hall–Kier alpha value is -0.720. The SMILES string of the molecule is CS(=O)(=O)c1cc(Br)cnc1C1=CCNCC1. The highest BCUT2D eigenvalue weighted by Gasteiger charge is 2.19. The van der Waals surface area contributed by atoms with Crippen molar-refractivity contribution in [1.29, 1.82) is 0 Å². The van der Waals surface area contributed by atoms with Crippen LogP contribution in [0.2, 0.25) is 0 Å². The molecule has 6 heteroatoms. The molecule has 1 aromatic heterocycles. The molecule has 0 fully saturated rings. The Bertz CT molecular complexity index is 567. The Balaban J connectivity index is 2.57. The Labute approximate surface area is 109 Å². The second-order valence-corrected chi connectivity index (χ2v) is 6.86. The van der Waals surface area contributed by atoms with Crippen molar-refractivity contribution in [3.8, 4) is 0 Å². The highest BCUT2D eigenvalue weighted by atomic mass is 79.9. The monoisotopic (exact) mass is 316 g/mol. The van der Waals surface area contributed by atoms with Gasteiger partial charge >= 0.3 is 0 Å². The van der Waals surface area contributed by atoms with Gasteiger partial charge in [0.05, 0.1) is 10.6 Å². The lowest BCUT2D eigenvalue weighted by Crippen LogP contribution is -2.21. The van der Waals surface area contributed by atoms with Crippen molar-refractivity contribution in [2.24, 2.45) is 0 Å². The van der Waals surface area contributed by atoms with Crippen LogP contribution in [0.4, 0.5) is 0 Å². The van der Waals surface area contributed by atoms with Crippen molar-refractivity contribution >= 4 is 31.3 Å². The third-order valence-electron chi connectivity index (χ3n) is 2.59. The van der Waals surface area contributed by atoms with Crippen LogP contribution < -0.4 is 5.32 Å². The Morgan fingerprint density at radius 1 is 1.47 bits per heavy atom. The molecule has 0 unspecified atom stereocenters. The van der Waals surface area contributed by atoms with Gasteiger partial charge in [-0.3, -0.25) is 4.98 Å². The van der Waals surface area contributed by atoms with Crippen molar-refractivity contribution in [1.82, 2.24) is 10.3 Å². The summed E-state index contributed by atoms with van der Waals surface area (Å²) in [6.07, 6.45) is 5.64. The summed E-state index contributed by atoms with van der Waals surface area (Å²) in [7, 11) is -3.26. The van der Waals surface area contributed by atoms with Crippen LogP contribution in [0.15, 0.2) is 27.7 Å². The molecule has 4 nitrogen and oxygen atoms in total. The maximum atomic E-state index is 11.7. The molecule has 0 saturated carbocycles. The molecule has 1 aliphatic heterocycles. The number of pyridine rings is 1. The summed E-state index contributed by atoms with van der Waals surface area (Å²) < 4.78 is 24.2. The summed E-state index contributed by atoms with van der Waals surface area (Å²) in [5.74, 6) is 0. The molecule has 0 bridgehead atoms. The zero-order valence-corrected chi connectivity index (χ0v) is 11.8. The number of nitrogens with zero attached hydrogens (tertiary/aromatic N) is 1. The molecule has 0 amide bonds. The summed E-state index contributed by atoms with van der Waals surface area (Å²) in [4.78, 5) is 4.54. The van der Waals surface area contributed by atoms with Gasteiger partial charge in [-0.2, -0.15) is 0 Å². The van der Waals surface area contributed by atoms with E-state index in [2.05, 4.69) is 26.2 Å². The van der Waals surface area contributed by atoms with Gasteiger partial charge in [-0.25, -0.2) is 8.42 Å². The van der Waals surface area contributed by atoms with Gasteiger partial charge < -0.3 is 5.32 Å². The molecule has 1 N–H and O–H groups in total. The zero-order valence-electron chi connectivity index (χ0n) is 9.40. The van der Waals surface area contributed by atoms with E-state index in [0.29, 0.717) is 15.1 Å². The number of sulfone groups is 1. The fourth-order valence-corrected chi connectivity index (χ4v) is 3.14. The van der Waals surface area contributed by atoms with E-state index >= 15 is 0 Å². The van der Waals surface area contributed by atoms with Gasteiger partial charge in [0.1, 0.15) is 0 Å². The number of rotatable bonds is 2. The summed E-state index contributed by atoms with van der Waals surface area (Å²) >= 11 is 3.25. The Morgan fingerprint density at radius 2 is 2.24 bits per heavy atom. The summed E-state index contributed by atoms with van der Waals surface area (Å²) in [6, 6.07) is 1.61. The minimum atomic E-state index is -3.26. The molecule has 92 valence electrons. The van der Waals surface area contributed by atoms with E-state index in [9.17, 15) is 8.42 Å². The number of nitrogens with one attached hydrogen (secondary N) is 1. The maximum Gasteiger partial charge on any atom is 0.177 e. The first-order valence-electron chi connectivity index (χ1n) is 5.24. The van der Waals surface area contributed by atoms with Crippen molar-refractivity contribution < 1.29 is 8.42 Å². The van der Waals surface area contributed by atoms with Gasteiger partial charge in [-0.05, 0) is 40.5 Å². The van der Waals surface area contributed by atoms with Gasteiger partial charge in [0.25, 0.3) is 0 Å². The van der Waals surface area contributed by atoms with Gasteiger partial charge in [-0.15, -0.1) is 0 Å². The van der Waals surface area contributed by atoms with E-state index in [-0.39, 0.29) is 0 Å². The fourth-order valence-electron chi connectivity index (χ4n) is 1.78. The Kier molecular flexibility index (Phi) is 3.65. The lowest BCUT2D eigenvalue weighted by molar-refractivity contribution is 0.601. The maximum absolute atomic E-state index is 11.7. The highest BCUT2D eigenvalue weighted by molar-refractivity contribution is 9.10. The standard InChI is InChI=1S/C11H13BrN2O2S/c1-17(15,16)10-6-9(12)7-14-11(10)8-2-4-13-5-3-8/h2,6-7,13H,3-5H2,1H3. The average molecular weight is 317 g/mol. The highest BCUT2D eigenvalue weighted by Crippen LogP contribution is 2.27. The average Bonchev–Trinajstić information content (AvgIpc) is 2.29. The molecule has 1 aromatic rings. The third kappa shape index (κ3) is 2.94. The van der Waals surface area contributed by atoms with Gasteiger partial charge in [0, 0.05) is 23.5 Å². The lowest BCUT2D eigenvalue weighted by atomic mass is 10.1. The van der Waals surface area contributed by atoms with Crippen LogP contribution in [0, 0.1) is 0 Å². The molecule has 2 rings (SSSR count). The quantitative estimate of drug-likeness (QED) is 0.901. The molecule has 0 aliphatic carbocycles. The number of hydrogen-bond donors (Lipinski definition) is 1. The summed E-state index contributed by atoms with van der Waals surface area (Å²) in [6.45, 7) is 1.61. The molecular formula is C11H13BrN2O2S. The zero-order chi connectivity index (χ0) is 12.5. The van der Waals surface area contributed by atoms with E-state index < -0.39 is 9.84 Å². The van der Waals surface area contributed by atoms with Crippen LogP contribution >= 0.6 is 15.9 Å². The second kappa shape index (κ2) is 4.88.